The van der Waals surface area contributed by atoms with Gasteiger partial charge in [0, 0.05) is 12.2 Å². The van der Waals surface area contributed by atoms with E-state index in [1.807, 2.05) is 6.92 Å². The fourth-order valence-corrected chi connectivity index (χ4v) is 1.38. The largest absolute Gasteiger partial charge is 0.365 e. The van der Waals surface area contributed by atoms with Crippen molar-refractivity contribution < 1.29 is 4.39 Å². The van der Waals surface area contributed by atoms with Gasteiger partial charge in [-0.15, -0.1) is 0 Å². The molecule has 0 radical (unpaired) electrons. The van der Waals surface area contributed by atoms with Gasteiger partial charge in [0.15, 0.2) is 11.6 Å². The Bertz CT molecular complexity index is 330. The Balaban J connectivity index is 2.72. The Hall–Kier alpha value is -0.830. The van der Waals surface area contributed by atoms with Crippen LogP contribution in [0.1, 0.15) is 27.2 Å². The summed E-state index contributed by atoms with van der Waals surface area (Å²) in [5.41, 5.74) is 0. The average Bonchev–Trinajstić information content (AvgIpc) is 2.20. The summed E-state index contributed by atoms with van der Waals surface area (Å²) in [4.78, 5) is 3.92. The maximum absolute atomic E-state index is 13.4. The maximum Gasteiger partial charge on any atom is 0.166 e. The third kappa shape index (κ3) is 3.34. The van der Waals surface area contributed by atoms with Crippen molar-refractivity contribution in [2.75, 3.05) is 5.32 Å². The van der Waals surface area contributed by atoms with E-state index >= 15 is 0 Å². The summed E-state index contributed by atoms with van der Waals surface area (Å²) in [7, 11) is 0. The second kappa shape index (κ2) is 5.31. The minimum absolute atomic E-state index is 0.193. The number of rotatable bonds is 4. The summed E-state index contributed by atoms with van der Waals surface area (Å²) in [6, 6.07) is 1.46. The van der Waals surface area contributed by atoms with E-state index < -0.39 is 5.82 Å². The third-order valence-corrected chi connectivity index (χ3v) is 2.88. The van der Waals surface area contributed by atoms with Crippen LogP contribution in [0.2, 0.25) is 5.02 Å². The van der Waals surface area contributed by atoms with Gasteiger partial charge in [0.2, 0.25) is 0 Å². The molecule has 1 aromatic heterocycles. The van der Waals surface area contributed by atoms with E-state index in [1.54, 1.807) is 0 Å². The van der Waals surface area contributed by atoms with Crippen molar-refractivity contribution >= 4 is 17.4 Å². The molecule has 0 saturated heterocycles. The normalized spacial score (nSPS) is 14.7. The highest BCUT2D eigenvalue weighted by molar-refractivity contribution is 6.30. The van der Waals surface area contributed by atoms with Crippen LogP contribution in [-0.2, 0) is 0 Å². The van der Waals surface area contributed by atoms with E-state index in [4.69, 9.17) is 11.6 Å². The zero-order valence-electron chi connectivity index (χ0n) is 9.22. The Morgan fingerprint density at radius 2 is 2.20 bits per heavy atom. The lowest BCUT2D eigenvalue weighted by Crippen LogP contribution is -2.24. The van der Waals surface area contributed by atoms with Gasteiger partial charge in [-0.25, -0.2) is 9.37 Å². The Morgan fingerprint density at radius 3 is 2.73 bits per heavy atom. The number of nitrogens with one attached hydrogen (secondary N) is 1. The predicted octanol–water partition coefficient (Wildman–Crippen LogP) is 3.72. The van der Waals surface area contributed by atoms with E-state index in [0.29, 0.717) is 10.9 Å². The molecule has 0 aromatic carbocycles. The Morgan fingerprint density at radius 1 is 1.53 bits per heavy atom. The molecule has 1 rings (SSSR count). The van der Waals surface area contributed by atoms with Gasteiger partial charge in [0.25, 0.3) is 0 Å². The highest BCUT2D eigenvalue weighted by Gasteiger charge is 2.12. The molecule has 0 saturated carbocycles. The van der Waals surface area contributed by atoms with Gasteiger partial charge in [0.1, 0.15) is 0 Å². The van der Waals surface area contributed by atoms with E-state index in [1.165, 1.54) is 12.3 Å². The molecule has 0 amide bonds. The molecule has 0 spiro atoms. The van der Waals surface area contributed by atoms with Crippen LogP contribution in [0.4, 0.5) is 10.2 Å². The molecule has 1 N–H and O–H groups in total. The monoisotopic (exact) mass is 230 g/mol. The summed E-state index contributed by atoms with van der Waals surface area (Å²) in [5.74, 6) is 0.340. The molecule has 0 aliphatic rings. The van der Waals surface area contributed by atoms with Crippen LogP contribution >= 0.6 is 11.6 Å². The fraction of sp³-hybridized carbons (Fsp3) is 0.545. The molecule has 0 fully saturated rings. The third-order valence-electron chi connectivity index (χ3n) is 2.67. The lowest BCUT2D eigenvalue weighted by molar-refractivity contribution is 0.490. The molecule has 15 heavy (non-hydrogen) atoms. The van der Waals surface area contributed by atoms with Crippen LogP contribution in [0.25, 0.3) is 0 Å². The molecule has 0 aliphatic carbocycles. The predicted molar refractivity (Wildman–Crippen MR) is 61.7 cm³/mol. The second-order valence-corrected chi connectivity index (χ2v) is 4.24. The zero-order valence-corrected chi connectivity index (χ0v) is 9.98. The van der Waals surface area contributed by atoms with Gasteiger partial charge in [0.05, 0.1) is 5.02 Å². The zero-order chi connectivity index (χ0) is 11.4. The molecule has 1 aromatic rings. The molecule has 1 heterocycles. The lowest BCUT2D eigenvalue weighted by atomic mass is 10.0. The molecule has 0 aliphatic heterocycles. The Kier molecular flexibility index (Phi) is 4.33. The van der Waals surface area contributed by atoms with Crippen LogP contribution < -0.4 is 5.32 Å². The average molecular weight is 231 g/mol. The first-order chi connectivity index (χ1) is 7.04. The molecule has 2 atom stereocenters. The molecule has 2 nitrogen and oxygen atoms in total. The molecule has 4 heteroatoms. The quantitative estimate of drug-likeness (QED) is 0.853. The summed E-state index contributed by atoms with van der Waals surface area (Å²) in [5, 5.41) is 3.36. The van der Waals surface area contributed by atoms with Gasteiger partial charge in [-0.1, -0.05) is 31.9 Å². The van der Waals surface area contributed by atoms with E-state index in [-0.39, 0.29) is 11.9 Å². The standard InChI is InChI=1S/C11H16ClFN2/c1-4-7(2)8(3)15-11-10(13)5-9(12)6-14-11/h5-8H,4H2,1-3H3,(H,14,15). The highest BCUT2D eigenvalue weighted by atomic mass is 35.5. The first kappa shape index (κ1) is 12.2. The molecular weight excluding hydrogens is 215 g/mol. The summed E-state index contributed by atoms with van der Waals surface area (Å²) < 4.78 is 13.4. The van der Waals surface area contributed by atoms with Crippen molar-refractivity contribution in [3.8, 4) is 0 Å². The summed E-state index contributed by atoms with van der Waals surface area (Å²) in [6.07, 6.45) is 2.49. The number of halogens is 2. The lowest BCUT2D eigenvalue weighted by Gasteiger charge is -2.20. The van der Waals surface area contributed by atoms with Gasteiger partial charge < -0.3 is 5.32 Å². The minimum atomic E-state index is -0.405. The number of nitrogens with zero attached hydrogens (tertiary/aromatic N) is 1. The first-order valence-electron chi connectivity index (χ1n) is 5.12. The summed E-state index contributed by atoms with van der Waals surface area (Å²) >= 11 is 5.61. The second-order valence-electron chi connectivity index (χ2n) is 3.80. The van der Waals surface area contributed by atoms with E-state index in [0.717, 1.165) is 6.42 Å². The van der Waals surface area contributed by atoms with Crippen molar-refractivity contribution in [1.29, 1.82) is 0 Å². The number of anilines is 1. The smallest absolute Gasteiger partial charge is 0.166 e. The van der Waals surface area contributed by atoms with Gasteiger partial charge in [-0.2, -0.15) is 0 Å². The van der Waals surface area contributed by atoms with Crippen LogP contribution in [0, 0.1) is 11.7 Å². The number of aromatic nitrogens is 1. The van der Waals surface area contributed by atoms with Crippen molar-refractivity contribution in [1.82, 2.24) is 4.98 Å². The van der Waals surface area contributed by atoms with Crippen molar-refractivity contribution in [2.45, 2.75) is 33.2 Å². The number of pyridine rings is 1. The fourth-order valence-electron chi connectivity index (χ4n) is 1.23. The Labute approximate surface area is 94.9 Å². The number of hydrogen-bond acceptors (Lipinski definition) is 2. The minimum Gasteiger partial charge on any atom is -0.365 e. The summed E-state index contributed by atoms with van der Waals surface area (Å²) in [6.45, 7) is 6.24. The van der Waals surface area contributed by atoms with E-state index in [2.05, 4.69) is 24.1 Å². The van der Waals surface area contributed by atoms with Crippen molar-refractivity contribution in [2.24, 2.45) is 5.92 Å². The SMILES string of the molecule is CCC(C)C(C)Nc1ncc(Cl)cc1F. The number of hydrogen-bond donors (Lipinski definition) is 1. The highest BCUT2D eigenvalue weighted by Crippen LogP contribution is 2.18. The van der Waals surface area contributed by atoms with Gasteiger partial charge >= 0.3 is 0 Å². The molecule has 2 unspecified atom stereocenters. The van der Waals surface area contributed by atoms with Gasteiger partial charge in [-0.3, -0.25) is 0 Å². The topological polar surface area (TPSA) is 24.9 Å². The van der Waals surface area contributed by atoms with Crippen LogP contribution in [-0.4, -0.2) is 11.0 Å². The van der Waals surface area contributed by atoms with Crippen molar-refractivity contribution in [3.05, 3.63) is 23.1 Å². The van der Waals surface area contributed by atoms with Crippen LogP contribution in [0.5, 0.6) is 0 Å². The van der Waals surface area contributed by atoms with Crippen molar-refractivity contribution in [3.63, 3.8) is 0 Å². The van der Waals surface area contributed by atoms with Crippen LogP contribution in [0.3, 0.4) is 0 Å². The van der Waals surface area contributed by atoms with Crippen LogP contribution in [0.15, 0.2) is 12.3 Å². The maximum atomic E-state index is 13.4. The molecule has 0 bridgehead atoms. The first-order valence-corrected chi connectivity index (χ1v) is 5.50. The van der Waals surface area contributed by atoms with E-state index in [9.17, 15) is 4.39 Å². The molecular formula is C11H16ClFN2. The van der Waals surface area contributed by atoms with Gasteiger partial charge in [-0.05, 0) is 18.9 Å². The molecule has 84 valence electrons.